The Morgan fingerprint density at radius 3 is 2.85 bits per heavy atom. The van der Waals surface area contributed by atoms with E-state index in [0.717, 1.165) is 43.6 Å². The normalized spacial score (nSPS) is 33.0. The van der Waals surface area contributed by atoms with Gasteiger partial charge in [0.1, 0.15) is 5.54 Å². The highest BCUT2D eigenvalue weighted by Crippen LogP contribution is 2.55. The van der Waals surface area contributed by atoms with Crippen LogP contribution in [0.5, 0.6) is 0 Å². The predicted octanol–water partition coefficient (Wildman–Crippen LogP) is 2.58. The maximum absolute atomic E-state index is 13.5. The van der Waals surface area contributed by atoms with E-state index >= 15 is 0 Å². The second kappa shape index (κ2) is 5.81. The van der Waals surface area contributed by atoms with E-state index in [1.165, 1.54) is 19.3 Å². The summed E-state index contributed by atoms with van der Waals surface area (Å²) in [6.07, 6.45) is 6.74. The lowest BCUT2D eigenvalue weighted by Gasteiger charge is -2.38. The maximum Gasteiger partial charge on any atom is 0.250 e. The van der Waals surface area contributed by atoms with Crippen LogP contribution >= 0.6 is 0 Å². The smallest absolute Gasteiger partial charge is 0.250 e. The Morgan fingerprint density at radius 1 is 1.27 bits per heavy atom. The Bertz CT molecular complexity index is 759. The van der Waals surface area contributed by atoms with Crippen LogP contribution in [-0.2, 0) is 15.1 Å². The molecule has 5 rings (SSSR count). The average molecular weight is 353 g/mol. The second-order valence-corrected chi connectivity index (χ2v) is 8.56. The van der Waals surface area contributed by atoms with E-state index in [2.05, 4.69) is 10.2 Å². The molecule has 1 aromatic carbocycles. The number of nitrogens with one attached hydrogen (secondary N) is 1. The lowest BCUT2D eigenvalue weighted by Crippen LogP contribution is -2.55. The van der Waals surface area contributed by atoms with E-state index in [0.29, 0.717) is 12.0 Å². The molecule has 26 heavy (non-hydrogen) atoms. The molecule has 3 heterocycles. The molecule has 2 amide bonds. The summed E-state index contributed by atoms with van der Waals surface area (Å²) in [5.41, 5.74) is 1.08. The zero-order valence-electron chi connectivity index (χ0n) is 15.4. The summed E-state index contributed by atoms with van der Waals surface area (Å²) in [5.74, 6) is 0.518. The molecule has 0 radical (unpaired) electrons. The van der Waals surface area contributed by atoms with Crippen LogP contribution in [0.15, 0.2) is 24.3 Å². The molecule has 3 atom stereocenters. The first-order valence-corrected chi connectivity index (χ1v) is 10.0. The van der Waals surface area contributed by atoms with E-state index in [1.54, 1.807) is 0 Å². The summed E-state index contributed by atoms with van der Waals surface area (Å²) in [7, 11) is 1.93. The van der Waals surface area contributed by atoms with Crippen molar-refractivity contribution in [2.45, 2.75) is 50.1 Å². The summed E-state index contributed by atoms with van der Waals surface area (Å²) >= 11 is 0. The van der Waals surface area contributed by atoms with Crippen molar-refractivity contribution in [3.8, 4) is 0 Å². The molecule has 1 aliphatic carbocycles. The molecule has 5 nitrogen and oxygen atoms in total. The van der Waals surface area contributed by atoms with Gasteiger partial charge in [0.15, 0.2) is 0 Å². The van der Waals surface area contributed by atoms with Gasteiger partial charge in [-0.15, -0.1) is 0 Å². The van der Waals surface area contributed by atoms with Crippen molar-refractivity contribution < 1.29 is 9.59 Å². The molecule has 0 bridgehead atoms. The number of carbonyl (C=O) groups excluding carboxylic acids is 2. The lowest BCUT2D eigenvalue weighted by atomic mass is 9.77. The first kappa shape index (κ1) is 16.3. The zero-order chi connectivity index (χ0) is 17.9. The third-order valence-electron chi connectivity index (χ3n) is 7.21. The Kier molecular flexibility index (Phi) is 3.64. The molecule has 1 aromatic rings. The summed E-state index contributed by atoms with van der Waals surface area (Å²) in [4.78, 5) is 31.0. The fourth-order valence-corrected chi connectivity index (χ4v) is 5.78. The highest BCUT2D eigenvalue weighted by atomic mass is 16.2. The van der Waals surface area contributed by atoms with Crippen molar-refractivity contribution in [3.63, 3.8) is 0 Å². The van der Waals surface area contributed by atoms with Gasteiger partial charge >= 0.3 is 0 Å². The van der Waals surface area contributed by atoms with Crippen LogP contribution in [0.1, 0.15) is 44.1 Å². The highest BCUT2D eigenvalue weighted by molar-refractivity contribution is 6.09. The third-order valence-corrected chi connectivity index (χ3v) is 7.21. The van der Waals surface area contributed by atoms with Crippen LogP contribution in [0.4, 0.5) is 5.69 Å². The second-order valence-electron chi connectivity index (χ2n) is 8.56. The van der Waals surface area contributed by atoms with Gasteiger partial charge in [-0.2, -0.15) is 0 Å². The van der Waals surface area contributed by atoms with Crippen LogP contribution < -0.4 is 5.32 Å². The van der Waals surface area contributed by atoms with Crippen LogP contribution in [-0.4, -0.2) is 47.8 Å². The summed E-state index contributed by atoms with van der Waals surface area (Å²) in [6, 6.07) is 8.29. The third kappa shape index (κ3) is 2.07. The van der Waals surface area contributed by atoms with Gasteiger partial charge in [0.05, 0.1) is 5.92 Å². The Balaban J connectivity index is 1.54. The SMILES string of the molecule is CN(CC1CCC1)C(=O)[C@@H]1C[C@H]2CCCN2[C@]12C(=O)Nc1ccccc12. The molecule has 1 saturated carbocycles. The number of nitrogens with zero attached hydrogens (tertiary/aromatic N) is 2. The standard InChI is InChI=1S/C21H27N3O2/c1-23(13-14-6-4-7-14)19(25)17-12-15-8-5-11-24(15)21(17)16-9-2-3-10-18(16)22-20(21)26/h2-3,9-10,14-15,17H,4-8,11-13H2,1H3,(H,22,26)/t15-,17+,21+/m1/s1. The summed E-state index contributed by atoms with van der Waals surface area (Å²) < 4.78 is 0. The molecule has 5 heteroatoms. The topological polar surface area (TPSA) is 52.7 Å². The first-order chi connectivity index (χ1) is 12.6. The van der Waals surface area contributed by atoms with E-state index in [4.69, 9.17) is 0 Å². The number of rotatable bonds is 3. The minimum absolute atomic E-state index is 0.00139. The molecule has 3 fully saturated rings. The predicted molar refractivity (Wildman–Crippen MR) is 99.6 cm³/mol. The summed E-state index contributed by atoms with van der Waals surface area (Å²) in [6.45, 7) is 1.74. The van der Waals surface area contributed by atoms with Gasteiger partial charge in [-0.05, 0) is 50.6 Å². The minimum Gasteiger partial charge on any atom is -0.345 e. The Hall–Kier alpha value is -1.88. The number of benzene rings is 1. The van der Waals surface area contributed by atoms with E-state index in [1.807, 2.05) is 36.2 Å². The zero-order valence-corrected chi connectivity index (χ0v) is 15.4. The van der Waals surface area contributed by atoms with Gasteiger partial charge in [-0.3, -0.25) is 14.5 Å². The molecule has 0 aromatic heterocycles. The molecule has 4 aliphatic rings. The maximum atomic E-state index is 13.5. The minimum atomic E-state index is -0.803. The monoisotopic (exact) mass is 353 g/mol. The number of para-hydroxylation sites is 1. The lowest BCUT2D eigenvalue weighted by molar-refractivity contribution is -0.144. The van der Waals surface area contributed by atoms with Crippen molar-refractivity contribution in [2.75, 3.05) is 25.5 Å². The Labute approximate surface area is 154 Å². The van der Waals surface area contributed by atoms with Gasteiger partial charge in [0, 0.05) is 30.9 Å². The van der Waals surface area contributed by atoms with Gasteiger partial charge in [-0.25, -0.2) is 0 Å². The fourth-order valence-electron chi connectivity index (χ4n) is 5.78. The quantitative estimate of drug-likeness (QED) is 0.909. The van der Waals surface area contributed by atoms with Crippen molar-refractivity contribution in [1.29, 1.82) is 0 Å². The summed E-state index contributed by atoms with van der Waals surface area (Å²) in [5, 5.41) is 3.08. The average Bonchev–Trinajstić information content (AvgIpc) is 3.25. The van der Waals surface area contributed by atoms with E-state index in [9.17, 15) is 9.59 Å². The van der Waals surface area contributed by atoms with E-state index < -0.39 is 5.54 Å². The van der Waals surface area contributed by atoms with Crippen LogP contribution in [0, 0.1) is 11.8 Å². The van der Waals surface area contributed by atoms with Crippen molar-refractivity contribution in [3.05, 3.63) is 29.8 Å². The van der Waals surface area contributed by atoms with Crippen LogP contribution in [0.3, 0.4) is 0 Å². The highest BCUT2D eigenvalue weighted by Gasteiger charge is 2.65. The number of hydrogen-bond acceptors (Lipinski definition) is 3. The van der Waals surface area contributed by atoms with Gasteiger partial charge in [0.25, 0.3) is 0 Å². The number of amides is 2. The number of hydrogen-bond donors (Lipinski definition) is 1. The van der Waals surface area contributed by atoms with Gasteiger partial charge in [0.2, 0.25) is 11.8 Å². The molecule has 0 unspecified atom stereocenters. The number of fused-ring (bicyclic) bond motifs is 4. The largest absolute Gasteiger partial charge is 0.345 e. The molecule has 2 saturated heterocycles. The van der Waals surface area contributed by atoms with E-state index in [-0.39, 0.29) is 17.7 Å². The molecule has 1 N–H and O–H groups in total. The molecule has 3 aliphatic heterocycles. The van der Waals surface area contributed by atoms with Crippen molar-refractivity contribution >= 4 is 17.5 Å². The van der Waals surface area contributed by atoms with Crippen LogP contribution in [0.2, 0.25) is 0 Å². The molecule has 138 valence electrons. The number of carbonyl (C=O) groups is 2. The Morgan fingerprint density at radius 2 is 2.08 bits per heavy atom. The molecule has 1 spiro atoms. The van der Waals surface area contributed by atoms with Gasteiger partial charge < -0.3 is 10.2 Å². The fraction of sp³-hybridized carbons (Fsp3) is 0.619. The molecular weight excluding hydrogens is 326 g/mol. The molecular formula is C21H27N3O2. The van der Waals surface area contributed by atoms with Crippen molar-refractivity contribution in [1.82, 2.24) is 9.80 Å². The van der Waals surface area contributed by atoms with Gasteiger partial charge in [-0.1, -0.05) is 24.6 Å². The van der Waals surface area contributed by atoms with Crippen molar-refractivity contribution in [2.24, 2.45) is 11.8 Å². The van der Waals surface area contributed by atoms with Crippen LogP contribution in [0.25, 0.3) is 0 Å². The first-order valence-electron chi connectivity index (χ1n) is 10.0. The number of anilines is 1.